The van der Waals surface area contributed by atoms with Crippen molar-refractivity contribution in [2.45, 2.75) is 14.7 Å². The van der Waals surface area contributed by atoms with Gasteiger partial charge in [-0.1, -0.05) is 12.1 Å². The van der Waals surface area contributed by atoms with Gasteiger partial charge < -0.3 is 44.6 Å². The third-order valence-electron chi connectivity index (χ3n) is 7.06. The van der Waals surface area contributed by atoms with Gasteiger partial charge in [-0.15, -0.1) is 10.2 Å². The molecule has 0 aliphatic rings. The van der Waals surface area contributed by atoms with E-state index < -0.39 is 78.1 Å². The predicted octanol–water partition coefficient (Wildman–Crippen LogP) is -9.14. The number of phenols is 2. The molecule has 5 rings (SSSR count). The minimum Gasteiger partial charge on any atom is -0.748 e. The molecular formula is C30H26CuN6Na4O15S4. The van der Waals surface area contributed by atoms with Gasteiger partial charge in [0.1, 0.15) is 47.5 Å². The molecule has 0 aliphatic heterocycles. The zero-order chi connectivity index (χ0) is 40.9. The maximum absolute atomic E-state index is 12.0. The third-order valence-corrected chi connectivity index (χ3v) is 10.3. The second kappa shape index (κ2) is 25.7. The molecule has 5 aromatic carbocycles. The summed E-state index contributed by atoms with van der Waals surface area (Å²) in [5, 5.41) is 46.8. The van der Waals surface area contributed by atoms with Gasteiger partial charge in [0, 0.05) is 52.7 Å². The largest absolute Gasteiger partial charge is 1.00 e. The summed E-state index contributed by atoms with van der Waals surface area (Å²) in [6.07, 6.45) is 0. The summed E-state index contributed by atoms with van der Waals surface area (Å²) < 4.78 is 138. The van der Waals surface area contributed by atoms with Crippen LogP contribution in [0.25, 0.3) is 21.5 Å². The van der Waals surface area contributed by atoms with E-state index >= 15 is 0 Å². The Morgan fingerprint density at radius 2 is 1.15 bits per heavy atom. The number of aliphatic hydroxyl groups is 1. The molecule has 305 valence electrons. The van der Waals surface area contributed by atoms with Crippen molar-refractivity contribution in [2.24, 2.45) is 26.2 Å². The first-order chi connectivity index (χ1) is 25.5. The van der Waals surface area contributed by atoms with Gasteiger partial charge in [0.2, 0.25) is 0 Å². The molecular weight excluding hydrogens is 968 g/mol. The Morgan fingerprint density at radius 3 is 1.67 bits per heavy atom. The Bertz CT molecular complexity index is 2820. The number of fused-ring (bicyclic) bond motifs is 2. The molecule has 5 aromatic rings. The van der Waals surface area contributed by atoms with E-state index in [1.54, 1.807) is 0 Å². The van der Waals surface area contributed by atoms with Crippen LogP contribution in [0.3, 0.4) is 0 Å². The Labute approximate surface area is 442 Å². The molecule has 21 nitrogen and oxygen atoms in total. The van der Waals surface area contributed by atoms with Crippen LogP contribution < -0.4 is 129 Å². The molecule has 0 fully saturated rings. The average molecular weight is 994 g/mol. The summed E-state index contributed by atoms with van der Waals surface area (Å²) in [6.45, 7) is 0.194. The van der Waals surface area contributed by atoms with Gasteiger partial charge in [-0.25, -0.2) is 33.7 Å². The summed E-state index contributed by atoms with van der Waals surface area (Å²) in [5.74, 6) is -2.13. The number of nitrogens with zero attached hydrogens (tertiary/aromatic N) is 4. The quantitative estimate of drug-likeness (QED) is 0.0440. The fourth-order valence-electron chi connectivity index (χ4n) is 4.64. The van der Waals surface area contributed by atoms with Crippen molar-refractivity contribution < 1.29 is 202 Å². The van der Waals surface area contributed by atoms with E-state index in [9.17, 15) is 62.1 Å². The van der Waals surface area contributed by atoms with Crippen molar-refractivity contribution in [1.29, 1.82) is 0 Å². The number of phenolic OH excluding ortho intramolecular Hbond substituents is 2. The van der Waals surface area contributed by atoms with E-state index in [0.717, 1.165) is 30.3 Å². The van der Waals surface area contributed by atoms with Crippen molar-refractivity contribution in [2.75, 3.05) is 30.8 Å². The molecule has 60 heavy (non-hydrogen) atoms. The molecule has 0 heterocycles. The number of nitrogens with one attached hydrogen (secondary N) is 1. The maximum Gasteiger partial charge on any atom is 1.00 e. The summed E-state index contributed by atoms with van der Waals surface area (Å²) in [6, 6.07) is 13.2. The van der Waals surface area contributed by atoms with Crippen LogP contribution >= 0.6 is 0 Å². The maximum atomic E-state index is 12.0. The molecule has 0 amide bonds. The number of benzene rings is 5. The van der Waals surface area contributed by atoms with Crippen LogP contribution in [0.4, 0.5) is 28.4 Å². The van der Waals surface area contributed by atoms with Crippen molar-refractivity contribution in [3.05, 3.63) is 72.8 Å². The number of azo groups is 2. The second-order valence-corrected chi connectivity index (χ2v) is 16.6. The zero-order valence-corrected chi connectivity index (χ0v) is 44.0. The van der Waals surface area contributed by atoms with Crippen LogP contribution in [-0.2, 0) is 57.5 Å². The zero-order valence-electron chi connectivity index (χ0n) is 31.8. The van der Waals surface area contributed by atoms with Gasteiger partial charge in [0.15, 0.2) is 5.75 Å². The van der Waals surface area contributed by atoms with Crippen LogP contribution in [0.5, 0.6) is 11.5 Å². The standard InChI is InChI=1S/C28H23N5O14S4.C2H7NO.Cu.4Na/c34-24-13-19(31-30-18-4-2-15-9-20(49(39,40)41)14-25(21(15)12-18)50(42,43)44)5-6-23(24)32-33-27-26(51(45,46)47)10-16-1-3-17(11-22(16)28(27)35)29-7-8-48(36,37)38;3-1-2-4;;;;;/h1-6,9-14,29,34-35H,7-8H2,(H,36,37,38)(H,39,40,41)(H,42,43,44)(H,45,46,47);4H,1-3H2;;;;;/q;;;4*+1/p-4. The van der Waals surface area contributed by atoms with Crippen molar-refractivity contribution in [3.8, 4) is 11.5 Å². The molecule has 0 spiro atoms. The number of aromatic hydroxyl groups is 2. The van der Waals surface area contributed by atoms with E-state index in [1.807, 2.05) is 0 Å². The van der Waals surface area contributed by atoms with E-state index in [4.69, 9.17) is 10.8 Å². The summed E-state index contributed by atoms with van der Waals surface area (Å²) >= 11 is 0. The fraction of sp³-hybridized carbons (Fsp3) is 0.133. The first-order valence-corrected chi connectivity index (χ1v) is 20.7. The fourth-order valence-corrected chi connectivity index (χ4v) is 6.96. The molecule has 0 aromatic heterocycles. The number of rotatable bonds is 12. The van der Waals surface area contributed by atoms with E-state index in [0.29, 0.717) is 12.6 Å². The Kier molecular flexibility index (Phi) is 26.3. The molecule has 0 bridgehead atoms. The summed E-state index contributed by atoms with van der Waals surface area (Å²) in [5.41, 5.74) is 3.89. The van der Waals surface area contributed by atoms with Crippen LogP contribution in [0, 0.1) is 0 Å². The van der Waals surface area contributed by atoms with Gasteiger partial charge in [-0.3, -0.25) is 0 Å². The van der Waals surface area contributed by atoms with E-state index in [2.05, 4.69) is 25.8 Å². The Morgan fingerprint density at radius 1 is 0.617 bits per heavy atom. The predicted molar refractivity (Wildman–Crippen MR) is 189 cm³/mol. The molecule has 0 unspecified atom stereocenters. The van der Waals surface area contributed by atoms with Crippen LogP contribution in [0.2, 0.25) is 0 Å². The number of anilines is 1. The minimum absolute atomic E-state index is 0. The van der Waals surface area contributed by atoms with Gasteiger partial charge in [-0.2, -0.15) is 10.2 Å². The summed E-state index contributed by atoms with van der Waals surface area (Å²) in [7, 11) is -20.1. The van der Waals surface area contributed by atoms with E-state index in [1.165, 1.54) is 36.4 Å². The normalized spacial score (nSPS) is 11.6. The molecule has 0 atom stereocenters. The van der Waals surface area contributed by atoms with Crippen molar-refractivity contribution in [3.63, 3.8) is 0 Å². The number of hydrogen-bond acceptors (Lipinski definition) is 21. The van der Waals surface area contributed by atoms with Crippen molar-refractivity contribution in [1.82, 2.24) is 0 Å². The van der Waals surface area contributed by atoms with Gasteiger partial charge >= 0.3 is 118 Å². The average Bonchev–Trinajstić information content (AvgIpc) is 3.08. The first-order valence-electron chi connectivity index (χ1n) is 14.9. The van der Waals surface area contributed by atoms with Crippen LogP contribution in [0.15, 0.2) is 108 Å². The molecule has 0 saturated carbocycles. The first kappa shape index (κ1) is 61.4. The molecule has 0 aliphatic carbocycles. The number of nitrogens with two attached hydrogens (primary N) is 1. The smallest absolute Gasteiger partial charge is 0.748 e. The molecule has 6 N–H and O–H groups in total. The third kappa shape index (κ3) is 17.4. The van der Waals surface area contributed by atoms with Gasteiger partial charge in [-0.05, 0) is 65.4 Å². The van der Waals surface area contributed by atoms with Gasteiger partial charge in [0.25, 0.3) is 0 Å². The SMILES string of the molecule is NCCO.O=S(=O)([O-])CCNc1ccc2cc(S(=O)(=O)[O-])c(N=Nc3ccc(N=Nc4ccc5cc(S(=O)(=O)[O-])cc(S(=O)(=O)[O-])c5c4)cc3O)c(O)c2c1.[Cu].[Na+].[Na+].[Na+].[Na+]. The van der Waals surface area contributed by atoms with Gasteiger partial charge in [0.05, 0.1) is 48.5 Å². The van der Waals surface area contributed by atoms with E-state index in [-0.39, 0.29) is 193 Å². The summed E-state index contributed by atoms with van der Waals surface area (Å²) in [4.78, 5) is -2.85. The Balaban J connectivity index is 0. The number of aliphatic hydroxyl groups excluding tert-OH is 1. The van der Waals surface area contributed by atoms with Crippen LogP contribution in [0.1, 0.15) is 0 Å². The topological polar surface area (TPSA) is 377 Å². The van der Waals surface area contributed by atoms with Crippen molar-refractivity contribution >= 4 is 90.5 Å². The van der Waals surface area contributed by atoms with Crippen LogP contribution in [-0.4, -0.2) is 92.7 Å². The second-order valence-electron chi connectivity index (χ2n) is 11.0. The molecule has 1 radical (unpaired) electrons. The minimum atomic E-state index is -5.24. The monoisotopic (exact) mass is 993 g/mol. The Hall–Kier alpha value is -0.701. The molecule has 30 heteroatoms. The molecule has 0 saturated heterocycles. The number of hydrogen-bond donors (Lipinski definition) is 5.